The Kier molecular flexibility index (Phi) is 4.47. The lowest BCUT2D eigenvalue weighted by atomic mass is 10.1. The highest BCUT2D eigenvalue weighted by molar-refractivity contribution is 5.30. The van der Waals surface area contributed by atoms with Crippen molar-refractivity contribution in [3.8, 4) is 5.75 Å². The Morgan fingerprint density at radius 3 is 2.24 bits per heavy atom. The Hall–Kier alpha value is -2.08. The standard InChI is InChI=1S/C15H13F4NO/c16-14-6-1-10(7-11(14)8-20)9-21-13-4-2-12(3-5-13)15(17,18)19/h1-7H,8-9,20H2. The number of benzene rings is 2. The van der Waals surface area contributed by atoms with Crippen molar-refractivity contribution in [3.05, 3.63) is 65.0 Å². The molecular weight excluding hydrogens is 286 g/mol. The summed E-state index contributed by atoms with van der Waals surface area (Å²) in [5.74, 6) is -0.0857. The predicted octanol–water partition coefficient (Wildman–Crippen LogP) is 3.88. The Bertz CT molecular complexity index is 608. The Balaban J connectivity index is 2.03. The third-order valence-corrected chi connectivity index (χ3v) is 2.92. The summed E-state index contributed by atoms with van der Waals surface area (Å²) in [5.41, 5.74) is 5.72. The summed E-state index contributed by atoms with van der Waals surface area (Å²) < 4.78 is 55.8. The van der Waals surface area contributed by atoms with Crippen molar-refractivity contribution in [2.45, 2.75) is 19.3 Å². The van der Waals surface area contributed by atoms with E-state index in [4.69, 9.17) is 10.5 Å². The number of hydrogen-bond acceptors (Lipinski definition) is 2. The second-order valence-electron chi connectivity index (χ2n) is 4.44. The van der Waals surface area contributed by atoms with E-state index < -0.39 is 17.6 Å². The molecule has 2 N–H and O–H groups in total. The molecule has 0 unspecified atom stereocenters. The zero-order valence-corrected chi connectivity index (χ0v) is 11.0. The maximum absolute atomic E-state index is 13.3. The van der Waals surface area contributed by atoms with Crippen LogP contribution in [0.3, 0.4) is 0 Å². The van der Waals surface area contributed by atoms with E-state index in [1.54, 1.807) is 12.1 Å². The van der Waals surface area contributed by atoms with Gasteiger partial charge < -0.3 is 10.5 Å². The molecule has 6 heteroatoms. The van der Waals surface area contributed by atoms with Crippen molar-refractivity contribution < 1.29 is 22.3 Å². The van der Waals surface area contributed by atoms with Gasteiger partial charge in [-0.2, -0.15) is 13.2 Å². The van der Waals surface area contributed by atoms with E-state index in [9.17, 15) is 17.6 Å². The van der Waals surface area contributed by atoms with Crippen LogP contribution in [-0.4, -0.2) is 0 Å². The van der Waals surface area contributed by atoms with Gasteiger partial charge in [0, 0.05) is 12.1 Å². The summed E-state index contributed by atoms with van der Waals surface area (Å²) in [6, 6.07) is 8.79. The molecule has 0 aromatic heterocycles. The molecule has 0 aliphatic rings. The van der Waals surface area contributed by atoms with Gasteiger partial charge >= 0.3 is 6.18 Å². The van der Waals surface area contributed by atoms with Crippen LogP contribution < -0.4 is 10.5 Å². The number of rotatable bonds is 4. The van der Waals surface area contributed by atoms with E-state index in [1.807, 2.05) is 0 Å². The smallest absolute Gasteiger partial charge is 0.416 e. The largest absolute Gasteiger partial charge is 0.489 e. The molecule has 2 nitrogen and oxygen atoms in total. The van der Waals surface area contributed by atoms with E-state index >= 15 is 0 Å². The molecule has 21 heavy (non-hydrogen) atoms. The van der Waals surface area contributed by atoms with Gasteiger partial charge in [0.25, 0.3) is 0 Å². The van der Waals surface area contributed by atoms with Crippen LogP contribution in [0.1, 0.15) is 16.7 Å². The lowest BCUT2D eigenvalue weighted by Gasteiger charge is -2.10. The number of halogens is 4. The van der Waals surface area contributed by atoms with E-state index in [1.165, 1.54) is 18.2 Å². The average Bonchev–Trinajstić information content (AvgIpc) is 2.46. The van der Waals surface area contributed by atoms with Crippen LogP contribution in [0.4, 0.5) is 17.6 Å². The first kappa shape index (κ1) is 15.3. The van der Waals surface area contributed by atoms with E-state index in [2.05, 4.69) is 0 Å². The van der Waals surface area contributed by atoms with Crippen LogP contribution in [0.5, 0.6) is 5.75 Å². The van der Waals surface area contributed by atoms with Crippen molar-refractivity contribution in [2.24, 2.45) is 5.73 Å². The van der Waals surface area contributed by atoms with Gasteiger partial charge in [-0.3, -0.25) is 0 Å². The molecule has 0 aliphatic heterocycles. The lowest BCUT2D eigenvalue weighted by molar-refractivity contribution is -0.137. The lowest BCUT2D eigenvalue weighted by Crippen LogP contribution is -2.05. The topological polar surface area (TPSA) is 35.2 Å². The van der Waals surface area contributed by atoms with Crippen LogP contribution in [0.2, 0.25) is 0 Å². The molecule has 0 bridgehead atoms. The van der Waals surface area contributed by atoms with Gasteiger partial charge in [0.05, 0.1) is 5.56 Å². The van der Waals surface area contributed by atoms with Crippen molar-refractivity contribution in [2.75, 3.05) is 0 Å². The second-order valence-corrected chi connectivity index (χ2v) is 4.44. The monoisotopic (exact) mass is 299 g/mol. The summed E-state index contributed by atoms with van der Waals surface area (Å²) in [6.45, 7) is 0.193. The van der Waals surface area contributed by atoms with Crippen LogP contribution in [0, 0.1) is 5.82 Å². The summed E-state index contributed by atoms with van der Waals surface area (Å²) in [7, 11) is 0. The van der Waals surface area contributed by atoms with Crippen LogP contribution in [-0.2, 0) is 19.3 Å². The molecule has 0 amide bonds. The third-order valence-electron chi connectivity index (χ3n) is 2.92. The molecule has 0 saturated heterocycles. The second kappa shape index (κ2) is 6.13. The Labute approximate surface area is 119 Å². The van der Waals surface area contributed by atoms with Crippen LogP contribution in [0.25, 0.3) is 0 Å². The minimum atomic E-state index is -4.37. The van der Waals surface area contributed by atoms with Crippen LogP contribution >= 0.6 is 0 Å². The maximum Gasteiger partial charge on any atom is 0.416 e. The SMILES string of the molecule is NCc1cc(COc2ccc(C(F)(F)F)cc2)ccc1F. The summed E-state index contributed by atoms with van der Waals surface area (Å²) in [6.07, 6.45) is -4.37. The zero-order valence-electron chi connectivity index (χ0n) is 11.0. The fraction of sp³-hybridized carbons (Fsp3) is 0.200. The van der Waals surface area contributed by atoms with Gasteiger partial charge in [0.1, 0.15) is 18.2 Å². The minimum Gasteiger partial charge on any atom is -0.489 e. The summed E-state index contributed by atoms with van der Waals surface area (Å²) in [4.78, 5) is 0. The Morgan fingerprint density at radius 1 is 1.00 bits per heavy atom. The molecule has 0 aliphatic carbocycles. The Morgan fingerprint density at radius 2 is 1.67 bits per heavy atom. The molecule has 0 spiro atoms. The van der Waals surface area contributed by atoms with Gasteiger partial charge in [0.15, 0.2) is 0 Å². The van der Waals surface area contributed by atoms with Crippen molar-refractivity contribution >= 4 is 0 Å². The average molecular weight is 299 g/mol. The normalized spacial score (nSPS) is 11.5. The number of ether oxygens (including phenoxy) is 1. The molecule has 0 saturated carbocycles. The number of alkyl halides is 3. The molecule has 2 rings (SSSR count). The van der Waals surface area contributed by atoms with E-state index in [-0.39, 0.29) is 13.2 Å². The number of nitrogens with two attached hydrogens (primary N) is 1. The molecule has 0 radical (unpaired) electrons. The zero-order chi connectivity index (χ0) is 15.5. The molecular formula is C15H13F4NO. The highest BCUT2D eigenvalue weighted by Gasteiger charge is 2.29. The van der Waals surface area contributed by atoms with Gasteiger partial charge in [-0.05, 0) is 42.0 Å². The highest BCUT2D eigenvalue weighted by Crippen LogP contribution is 2.30. The van der Waals surface area contributed by atoms with Crippen LogP contribution in [0.15, 0.2) is 42.5 Å². The molecule has 2 aromatic rings. The van der Waals surface area contributed by atoms with Crippen molar-refractivity contribution in [3.63, 3.8) is 0 Å². The van der Waals surface area contributed by atoms with Crippen molar-refractivity contribution in [1.29, 1.82) is 0 Å². The third kappa shape index (κ3) is 3.95. The minimum absolute atomic E-state index is 0.0694. The molecule has 2 aromatic carbocycles. The van der Waals surface area contributed by atoms with Gasteiger partial charge in [0.2, 0.25) is 0 Å². The first-order chi connectivity index (χ1) is 9.90. The van der Waals surface area contributed by atoms with Gasteiger partial charge in [-0.25, -0.2) is 4.39 Å². The first-order valence-corrected chi connectivity index (χ1v) is 6.17. The fourth-order valence-electron chi connectivity index (χ4n) is 1.78. The van der Waals surface area contributed by atoms with E-state index in [0.29, 0.717) is 16.9 Å². The van der Waals surface area contributed by atoms with Crippen molar-refractivity contribution in [1.82, 2.24) is 0 Å². The predicted molar refractivity (Wildman–Crippen MR) is 70.1 cm³/mol. The summed E-state index contributed by atoms with van der Waals surface area (Å²) in [5, 5.41) is 0. The molecule has 112 valence electrons. The number of hydrogen-bond donors (Lipinski definition) is 1. The van der Waals surface area contributed by atoms with Gasteiger partial charge in [-0.15, -0.1) is 0 Å². The molecule has 0 atom stereocenters. The van der Waals surface area contributed by atoms with Gasteiger partial charge in [-0.1, -0.05) is 6.07 Å². The van der Waals surface area contributed by atoms with E-state index in [0.717, 1.165) is 12.1 Å². The highest BCUT2D eigenvalue weighted by atomic mass is 19.4. The maximum atomic E-state index is 13.3. The first-order valence-electron chi connectivity index (χ1n) is 6.17. The summed E-state index contributed by atoms with van der Waals surface area (Å²) >= 11 is 0. The fourth-order valence-corrected chi connectivity index (χ4v) is 1.78. The molecule has 0 heterocycles. The quantitative estimate of drug-likeness (QED) is 0.870. The molecule has 0 fully saturated rings.